The molecule has 0 aliphatic carbocycles. The molecule has 1 unspecified atom stereocenters. The van der Waals surface area contributed by atoms with Crippen molar-refractivity contribution >= 4 is 28.7 Å². The fourth-order valence-electron chi connectivity index (χ4n) is 2.41. The summed E-state index contributed by atoms with van der Waals surface area (Å²) in [5, 5.41) is 15.0. The Kier molecular flexibility index (Phi) is 5.95. The first kappa shape index (κ1) is 17.5. The number of hydrogen-bond donors (Lipinski definition) is 4. The number of benzene rings is 1. The summed E-state index contributed by atoms with van der Waals surface area (Å²) in [7, 11) is 0. The highest BCUT2D eigenvalue weighted by Crippen LogP contribution is 2.14. The molecule has 7 heteroatoms. The molecule has 1 heterocycles. The molecule has 2 rings (SSSR count). The maximum atomic E-state index is 12.1. The van der Waals surface area contributed by atoms with Gasteiger partial charge in [-0.1, -0.05) is 31.5 Å². The van der Waals surface area contributed by atoms with Gasteiger partial charge in [0, 0.05) is 17.4 Å². The predicted octanol–water partition coefficient (Wildman–Crippen LogP) is 1.51. The average molecular weight is 331 g/mol. The Labute approximate surface area is 139 Å². The van der Waals surface area contributed by atoms with E-state index in [0.29, 0.717) is 12.1 Å². The first-order valence-electron chi connectivity index (χ1n) is 7.86. The summed E-state index contributed by atoms with van der Waals surface area (Å²) < 4.78 is 0. The molecule has 1 atom stereocenters. The summed E-state index contributed by atoms with van der Waals surface area (Å²) in [5.41, 5.74) is 1.22. The second-order valence-corrected chi connectivity index (χ2v) is 5.58. The smallest absolute Gasteiger partial charge is 0.308 e. The molecule has 0 fully saturated rings. The van der Waals surface area contributed by atoms with Gasteiger partial charge in [-0.2, -0.15) is 0 Å². The number of fused-ring (bicyclic) bond motifs is 1. The molecule has 1 aromatic heterocycles. The fourth-order valence-corrected chi connectivity index (χ4v) is 2.41. The predicted molar refractivity (Wildman–Crippen MR) is 89.7 cm³/mol. The van der Waals surface area contributed by atoms with Crippen LogP contribution in [0.15, 0.2) is 30.3 Å². The third-order valence-electron chi connectivity index (χ3n) is 3.72. The zero-order chi connectivity index (χ0) is 17.5. The highest BCUT2D eigenvalue weighted by Gasteiger charge is 2.17. The minimum Gasteiger partial charge on any atom is -0.481 e. The number of aromatic nitrogens is 1. The van der Waals surface area contributed by atoms with E-state index in [4.69, 9.17) is 5.11 Å². The molecule has 0 saturated carbocycles. The van der Waals surface area contributed by atoms with E-state index < -0.39 is 17.8 Å². The molecular formula is C17H21N3O4. The lowest BCUT2D eigenvalue weighted by Gasteiger charge is -2.12. The summed E-state index contributed by atoms with van der Waals surface area (Å²) in [6, 6.07) is 9.20. The van der Waals surface area contributed by atoms with Crippen molar-refractivity contribution in [1.82, 2.24) is 15.6 Å². The lowest BCUT2D eigenvalue weighted by atomic mass is 10.0. The van der Waals surface area contributed by atoms with E-state index in [1.165, 1.54) is 0 Å². The lowest BCUT2D eigenvalue weighted by molar-refractivity contribution is -0.141. The van der Waals surface area contributed by atoms with Crippen LogP contribution in [0.5, 0.6) is 0 Å². The van der Waals surface area contributed by atoms with Crippen LogP contribution >= 0.6 is 0 Å². The van der Waals surface area contributed by atoms with E-state index >= 15 is 0 Å². The van der Waals surface area contributed by atoms with Gasteiger partial charge in [0.2, 0.25) is 5.91 Å². The summed E-state index contributed by atoms with van der Waals surface area (Å²) in [6.07, 6.45) is 1.22. The van der Waals surface area contributed by atoms with Gasteiger partial charge in [-0.05, 0) is 18.6 Å². The molecule has 0 aliphatic heterocycles. The van der Waals surface area contributed by atoms with Gasteiger partial charge in [0.1, 0.15) is 5.69 Å². The van der Waals surface area contributed by atoms with Gasteiger partial charge in [0.05, 0.1) is 12.5 Å². The zero-order valence-corrected chi connectivity index (χ0v) is 13.5. The zero-order valence-electron chi connectivity index (χ0n) is 13.5. The van der Waals surface area contributed by atoms with E-state index in [-0.39, 0.29) is 19.0 Å². The van der Waals surface area contributed by atoms with Crippen molar-refractivity contribution in [3.63, 3.8) is 0 Å². The minimum absolute atomic E-state index is 0.0598. The molecule has 0 saturated heterocycles. The second-order valence-electron chi connectivity index (χ2n) is 5.58. The molecule has 24 heavy (non-hydrogen) atoms. The van der Waals surface area contributed by atoms with Crippen LogP contribution in [0.1, 0.15) is 30.3 Å². The first-order chi connectivity index (χ1) is 11.5. The maximum absolute atomic E-state index is 12.1. The molecule has 2 aromatic rings. The number of carboxylic acids is 1. The Balaban J connectivity index is 1.82. The third-order valence-corrected chi connectivity index (χ3v) is 3.72. The van der Waals surface area contributed by atoms with Crippen molar-refractivity contribution in [2.75, 3.05) is 13.1 Å². The molecule has 128 valence electrons. The van der Waals surface area contributed by atoms with Gasteiger partial charge < -0.3 is 20.7 Å². The van der Waals surface area contributed by atoms with Crippen LogP contribution in [0.3, 0.4) is 0 Å². The van der Waals surface area contributed by atoms with Crippen molar-refractivity contribution in [3.05, 3.63) is 36.0 Å². The Bertz CT molecular complexity index is 705. The maximum Gasteiger partial charge on any atom is 0.308 e. The van der Waals surface area contributed by atoms with Crippen LogP contribution < -0.4 is 10.6 Å². The molecule has 2 amide bonds. The normalized spacial score (nSPS) is 11.9. The van der Waals surface area contributed by atoms with Gasteiger partial charge in [0.25, 0.3) is 5.91 Å². The van der Waals surface area contributed by atoms with Gasteiger partial charge >= 0.3 is 5.97 Å². The molecule has 4 N–H and O–H groups in total. The second kappa shape index (κ2) is 8.14. The number of H-pyrrole nitrogens is 1. The van der Waals surface area contributed by atoms with Crippen molar-refractivity contribution in [1.29, 1.82) is 0 Å². The van der Waals surface area contributed by atoms with Crippen molar-refractivity contribution < 1.29 is 19.5 Å². The highest BCUT2D eigenvalue weighted by atomic mass is 16.4. The van der Waals surface area contributed by atoms with E-state index in [2.05, 4.69) is 15.6 Å². The SMILES string of the molecule is CCCC(CNC(=O)CNC(=O)c1cc2ccccc2[nH]1)C(=O)O. The number of para-hydroxylation sites is 1. The summed E-state index contributed by atoms with van der Waals surface area (Å²) >= 11 is 0. The number of rotatable bonds is 8. The van der Waals surface area contributed by atoms with Gasteiger partial charge in [-0.25, -0.2) is 0 Å². The van der Waals surface area contributed by atoms with E-state index in [9.17, 15) is 14.4 Å². The van der Waals surface area contributed by atoms with E-state index in [1.54, 1.807) is 6.07 Å². The number of amides is 2. The first-order valence-corrected chi connectivity index (χ1v) is 7.86. The lowest BCUT2D eigenvalue weighted by Crippen LogP contribution is -2.40. The van der Waals surface area contributed by atoms with Crippen LogP contribution in [0.2, 0.25) is 0 Å². The number of aliphatic carboxylic acids is 1. The summed E-state index contributed by atoms with van der Waals surface area (Å²) in [6.45, 7) is 1.75. The van der Waals surface area contributed by atoms with Crippen molar-refractivity contribution in [2.45, 2.75) is 19.8 Å². The topological polar surface area (TPSA) is 111 Å². The van der Waals surface area contributed by atoms with Crippen molar-refractivity contribution in [2.24, 2.45) is 5.92 Å². The number of hydrogen-bond acceptors (Lipinski definition) is 3. The fraction of sp³-hybridized carbons (Fsp3) is 0.353. The number of nitrogens with one attached hydrogen (secondary N) is 3. The Morgan fingerprint density at radius 2 is 1.96 bits per heavy atom. The molecule has 0 bridgehead atoms. The number of aromatic amines is 1. The summed E-state index contributed by atoms with van der Waals surface area (Å²) in [5.74, 6) is -2.34. The van der Waals surface area contributed by atoms with Crippen molar-refractivity contribution in [3.8, 4) is 0 Å². The largest absolute Gasteiger partial charge is 0.481 e. The number of carboxylic acid groups (broad SMARTS) is 1. The van der Waals surface area contributed by atoms with Gasteiger partial charge in [-0.15, -0.1) is 0 Å². The van der Waals surface area contributed by atoms with Crippen LogP contribution in [0.4, 0.5) is 0 Å². The standard InChI is InChI=1S/C17H21N3O4/c1-2-5-12(17(23)24)9-18-15(21)10-19-16(22)14-8-11-6-3-4-7-13(11)20-14/h3-4,6-8,12,20H,2,5,9-10H2,1H3,(H,18,21)(H,19,22)(H,23,24). The van der Waals surface area contributed by atoms with Gasteiger partial charge in [-0.3, -0.25) is 14.4 Å². The monoisotopic (exact) mass is 331 g/mol. The highest BCUT2D eigenvalue weighted by molar-refractivity contribution is 5.99. The summed E-state index contributed by atoms with van der Waals surface area (Å²) in [4.78, 5) is 37.8. The molecule has 0 spiro atoms. The Morgan fingerprint density at radius 3 is 2.62 bits per heavy atom. The quantitative estimate of drug-likeness (QED) is 0.587. The average Bonchev–Trinajstić information content (AvgIpc) is 3.00. The van der Waals surface area contributed by atoms with Crippen LogP contribution in [0, 0.1) is 5.92 Å². The molecule has 7 nitrogen and oxygen atoms in total. The molecule has 0 aliphatic rings. The third kappa shape index (κ3) is 4.58. The Hall–Kier alpha value is -2.83. The minimum atomic E-state index is -0.931. The Morgan fingerprint density at radius 1 is 1.21 bits per heavy atom. The van der Waals surface area contributed by atoms with Gasteiger partial charge in [0.15, 0.2) is 0 Å². The van der Waals surface area contributed by atoms with E-state index in [1.807, 2.05) is 31.2 Å². The van der Waals surface area contributed by atoms with E-state index in [0.717, 1.165) is 17.3 Å². The number of carbonyl (C=O) groups is 3. The number of carbonyl (C=O) groups excluding carboxylic acids is 2. The van der Waals surface area contributed by atoms with Crippen LogP contribution in [-0.4, -0.2) is 41.0 Å². The van der Waals surface area contributed by atoms with Crippen LogP contribution in [-0.2, 0) is 9.59 Å². The molecule has 1 aromatic carbocycles. The van der Waals surface area contributed by atoms with Crippen LogP contribution in [0.25, 0.3) is 10.9 Å². The molecule has 0 radical (unpaired) electrons. The molecular weight excluding hydrogens is 310 g/mol.